The number of nitrogens with two attached hydrogens (primary N) is 1. The normalized spacial score (nSPS) is 17.2. The van der Waals surface area contributed by atoms with E-state index in [1.807, 2.05) is 0 Å². The van der Waals surface area contributed by atoms with Gasteiger partial charge in [0.2, 0.25) is 5.91 Å². The Morgan fingerprint density at radius 3 is 2.71 bits per heavy atom. The largest absolute Gasteiger partial charge is 0.497 e. The zero-order valence-electron chi connectivity index (χ0n) is 13.3. The van der Waals surface area contributed by atoms with Crippen LogP contribution in [-0.2, 0) is 14.3 Å². The van der Waals surface area contributed by atoms with Gasteiger partial charge in [-0.2, -0.15) is 0 Å². The van der Waals surface area contributed by atoms with Crippen LogP contribution in [0.1, 0.15) is 29.6 Å². The minimum atomic E-state index is -0.962. The number of hydrogen-bond acceptors (Lipinski definition) is 5. The lowest BCUT2D eigenvalue weighted by atomic mass is 10.0. The molecule has 0 saturated carbocycles. The number of nitrogens with zero attached hydrogens (tertiary/aromatic N) is 1. The molecular formula is C16H19FN2O5. The van der Waals surface area contributed by atoms with Crippen LogP contribution in [0.3, 0.4) is 0 Å². The fraction of sp³-hybridized carbons (Fsp3) is 0.438. The first-order valence-electron chi connectivity index (χ1n) is 7.53. The average molecular weight is 338 g/mol. The van der Waals surface area contributed by atoms with Gasteiger partial charge in [-0.15, -0.1) is 0 Å². The van der Waals surface area contributed by atoms with Crippen molar-refractivity contribution in [3.63, 3.8) is 0 Å². The number of carbonyl (C=O) groups is 3. The minimum Gasteiger partial charge on any atom is -0.497 e. The Morgan fingerprint density at radius 1 is 1.33 bits per heavy atom. The van der Waals surface area contributed by atoms with Crippen LogP contribution in [0, 0.1) is 5.82 Å². The van der Waals surface area contributed by atoms with Crippen LogP contribution in [0.5, 0.6) is 5.75 Å². The molecule has 0 spiro atoms. The van der Waals surface area contributed by atoms with E-state index in [9.17, 15) is 18.8 Å². The van der Waals surface area contributed by atoms with Crippen LogP contribution in [0.15, 0.2) is 18.2 Å². The molecular weight excluding hydrogens is 319 g/mol. The summed E-state index contributed by atoms with van der Waals surface area (Å²) in [6.45, 7) is -0.199. The van der Waals surface area contributed by atoms with Crippen molar-refractivity contribution in [1.29, 1.82) is 0 Å². The van der Waals surface area contributed by atoms with Crippen LogP contribution in [0.2, 0.25) is 0 Å². The van der Waals surface area contributed by atoms with Gasteiger partial charge in [0.25, 0.3) is 5.91 Å². The maximum Gasteiger partial charge on any atom is 0.341 e. The molecule has 1 aliphatic heterocycles. The Balaban J connectivity index is 1.98. The first-order chi connectivity index (χ1) is 11.4. The molecule has 1 saturated heterocycles. The number of carbonyl (C=O) groups excluding carboxylic acids is 3. The molecule has 24 heavy (non-hydrogen) atoms. The van der Waals surface area contributed by atoms with E-state index in [4.69, 9.17) is 15.2 Å². The highest BCUT2D eigenvalue weighted by molar-refractivity contribution is 5.92. The molecule has 1 aromatic rings. The van der Waals surface area contributed by atoms with Crippen LogP contribution in [0.4, 0.5) is 4.39 Å². The number of ether oxygens (including phenoxy) is 2. The predicted molar refractivity (Wildman–Crippen MR) is 81.8 cm³/mol. The van der Waals surface area contributed by atoms with Crippen molar-refractivity contribution in [3.05, 3.63) is 29.6 Å². The molecule has 0 aromatic heterocycles. The van der Waals surface area contributed by atoms with Crippen LogP contribution < -0.4 is 10.5 Å². The molecule has 7 nitrogen and oxygen atoms in total. The van der Waals surface area contributed by atoms with Crippen molar-refractivity contribution in [2.75, 3.05) is 20.3 Å². The summed E-state index contributed by atoms with van der Waals surface area (Å²) in [6, 6.07) is 2.98. The molecule has 0 bridgehead atoms. The number of esters is 1. The molecule has 2 amide bonds. The first kappa shape index (κ1) is 17.7. The molecule has 1 heterocycles. The molecule has 2 N–H and O–H groups in total. The second-order valence-corrected chi connectivity index (χ2v) is 5.42. The van der Waals surface area contributed by atoms with Crippen molar-refractivity contribution < 1.29 is 28.2 Å². The molecule has 0 aliphatic carbocycles. The maximum absolute atomic E-state index is 13.8. The Kier molecular flexibility index (Phi) is 5.73. The smallest absolute Gasteiger partial charge is 0.341 e. The molecule has 8 heteroatoms. The minimum absolute atomic E-state index is 0.262. The highest BCUT2D eigenvalue weighted by Crippen LogP contribution is 2.19. The van der Waals surface area contributed by atoms with Gasteiger partial charge in [-0.1, -0.05) is 0 Å². The highest BCUT2D eigenvalue weighted by atomic mass is 19.1. The lowest BCUT2D eigenvalue weighted by Crippen LogP contribution is -2.51. The number of benzene rings is 1. The fourth-order valence-electron chi connectivity index (χ4n) is 2.60. The van der Waals surface area contributed by atoms with Gasteiger partial charge < -0.3 is 20.1 Å². The van der Waals surface area contributed by atoms with Gasteiger partial charge in [0.15, 0.2) is 6.61 Å². The summed E-state index contributed by atoms with van der Waals surface area (Å²) < 4.78 is 23.5. The summed E-state index contributed by atoms with van der Waals surface area (Å²) in [5, 5.41) is 0. The number of amides is 2. The molecule has 2 rings (SSSR count). The molecule has 1 fully saturated rings. The van der Waals surface area contributed by atoms with Gasteiger partial charge in [0.05, 0.1) is 12.7 Å². The average Bonchev–Trinajstić information content (AvgIpc) is 2.59. The van der Waals surface area contributed by atoms with E-state index in [1.54, 1.807) is 0 Å². The SMILES string of the molecule is COc1ccc(C(=O)OCC(=O)N2CCCC[C@H]2C(N)=O)c(F)c1. The predicted octanol–water partition coefficient (Wildman–Crippen LogP) is 0.857. The van der Waals surface area contributed by atoms with E-state index in [0.717, 1.165) is 18.9 Å². The lowest BCUT2D eigenvalue weighted by Gasteiger charge is -2.33. The number of rotatable bonds is 5. The number of halogens is 1. The van der Waals surface area contributed by atoms with Gasteiger partial charge in [-0.3, -0.25) is 9.59 Å². The van der Waals surface area contributed by atoms with E-state index in [1.165, 1.54) is 24.1 Å². The molecule has 1 aliphatic rings. The van der Waals surface area contributed by atoms with E-state index < -0.39 is 36.2 Å². The van der Waals surface area contributed by atoms with Crippen LogP contribution >= 0.6 is 0 Å². The first-order valence-corrected chi connectivity index (χ1v) is 7.53. The van der Waals surface area contributed by atoms with Crippen molar-refractivity contribution in [1.82, 2.24) is 4.90 Å². The van der Waals surface area contributed by atoms with Crippen molar-refractivity contribution in [3.8, 4) is 5.75 Å². The van der Waals surface area contributed by atoms with Gasteiger partial charge >= 0.3 is 5.97 Å². The topological polar surface area (TPSA) is 98.9 Å². The quantitative estimate of drug-likeness (QED) is 0.803. The molecule has 1 atom stereocenters. The third-order valence-electron chi connectivity index (χ3n) is 3.87. The van der Waals surface area contributed by atoms with E-state index >= 15 is 0 Å². The summed E-state index contributed by atoms with van der Waals surface area (Å²) in [5.74, 6) is -2.62. The van der Waals surface area contributed by atoms with Crippen molar-refractivity contribution in [2.45, 2.75) is 25.3 Å². The van der Waals surface area contributed by atoms with Crippen molar-refractivity contribution >= 4 is 17.8 Å². The Labute approximate surface area is 138 Å². The van der Waals surface area contributed by atoms with Crippen molar-refractivity contribution in [2.24, 2.45) is 5.73 Å². The number of likely N-dealkylation sites (tertiary alicyclic amines) is 1. The zero-order valence-corrected chi connectivity index (χ0v) is 13.3. The number of hydrogen-bond donors (Lipinski definition) is 1. The summed E-state index contributed by atoms with van der Waals surface area (Å²) in [4.78, 5) is 36.8. The van der Waals surface area contributed by atoms with Gasteiger partial charge in [-0.05, 0) is 31.4 Å². The molecule has 0 radical (unpaired) electrons. The Morgan fingerprint density at radius 2 is 2.08 bits per heavy atom. The van der Waals surface area contributed by atoms with Gasteiger partial charge in [0, 0.05) is 12.6 Å². The molecule has 1 aromatic carbocycles. The maximum atomic E-state index is 13.8. The molecule has 130 valence electrons. The van der Waals surface area contributed by atoms with Gasteiger partial charge in [0.1, 0.15) is 17.6 Å². The second kappa shape index (κ2) is 7.76. The van der Waals surface area contributed by atoms with Gasteiger partial charge in [-0.25, -0.2) is 9.18 Å². The fourth-order valence-corrected chi connectivity index (χ4v) is 2.60. The Hall–Kier alpha value is -2.64. The summed E-state index contributed by atoms with van der Waals surface area (Å²) in [6.07, 6.45) is 2.03. The van der Waals surface area contributed by atoms with E-state index in [0.29, 0.717) is 13.0 Å². The standard InChI is InChI=1S/C16H19FN2O5/c1-23-10-5-6-11(12(17)8-10)16(22)24-9-14(20)19-7-3-2-4-13(19)15(18)21/h5-6,8,13H,2-4,7,9H2,1H3,(H2,18,21)/t13-/m0/s1. The second-order valence-electron chi connectivity index (χ2n) is 5.42. The lowest BCUT2D eigenvalue weighted by molar-refractivity contribution is -0.143. The summed E-state index contributed by atoms with van der Waals surface area (Å²) >= 11 is 0. The monoisotopic (exact) mass is 338 g/mol. The zero-order chi connectivity index (χ0) is 17.7. The van der Waals surface area contributed by atoms with Crippen LogP contribution in [-0.4, -0.2) is 49.0 Å². The molecule has 0 unspecified atom stereocenters. The van der Waals surface area contributed by atoms with E-state index in [2.05, 4.69) is 0 Å². The summed E-state index contributed by atoms with van der Waals surface area (Å²) in [7, 11) is 1.37. The third kappa shape index (κ3) is 4.01. The highest BCUT2D eigenvalue weighted by Gasteiger charge is 2.31. The number of piperidine rings is 1. The van der Waals surface area contributed by atoms with E-state index in [-0.39, 0.29) is 11.3 Å². The summed E-state index contributed by atoms with van der Waals surface area (Å²) in [5.41, 5.74) is 4.99. The number of primary amides is 1. The van der Waals surface area contributed by atoms with Crippen LogP contribution in [0.25, 0.3) is 0 Å². The Bertz CT molecular complexity index is 649. The number of methoxy groups -OCH3 is 1. The third-order valence-corrected chi connectivity index (χ3v) is 3.87.